The summed E-state index contributed by atoms with van der Waals surface area (Å²) in [5, 5.41) is 12.1. The molecule has 0 bridgehead atoms. The summed E-state index contributed by atoms with van der Waals surface area (Å²) in [6.07, 6.45) is 3.17. The van der Waals surface area contributed by atoms with Crippen LogP contribution in [0.5, 0.6) is 11.5 Å². The number of aliphatic carboxylic acids is 1. The number of nitrogens with one attached hydrogen (secondary N) is 1. The van der Waals surface area contributed by atoms with Crippen molar-refractivity contribution in [3.63, 3.8) is 0 Å². The van der Waals surface area contributed by atoms with E-state index in [0.29, 0.717) is 29.3 Å². The smallest absolute Gasteiger partial charge is 0.330 e. The minimum atomic E-state index is -1.11. The molecule has 0 spiro atoms. The van der Waals surface area contributed by atoms with Gasteiger partial charge in [0, 0.05) is 30.3 Å². The van der Waals surface area contributed by atoms with Crippen molar-refractivity contribution in [2.45, 2.75) is 19.0 Å². The molecule has 4 aromatic rings. The topological polar surface area (TPSA) is 154 Å². The van der Waals surface area contributed by atoms with Crippen molar-refractivity contribution in [1.82, 2.24) is 5.32 Å². The van der Waals surface area contributed by atoms with Crippen molar-refractivity contribution in [3.05, 3.63) is 131 Å². The Labute approximate surface area is 256 Å². The van der Waals surface area contributed by atoms with Gasteiger partial charge in [-0.2, -0.15) is 0 Å². The van der Waals surface area contributed by atoms with Crippen molar-refractivity contribution in [2.75, 3.05) is 12.8 Å². The van der Waals surface area contributed by atoms with E-state index >= 15 is 0 Å². The predicted octanol–water partition coefficient (Wildman–Crippen LogP) is 5.24. The Morgan fingerprint density at radius 1 is 0.860 bits per heavy atom. The lowest BCUT2D eigenvalue weighted by Crippen LogP contribution is -2.42. The molecule has 0 aromatic heterocycles. The van der Waals surface area contributed by atoms with Gasteiger partial charge in [0.05, 0.1) is 7.11 Å². The van der Waals surface area contributed by atoms with Crippen molar-refractivity contribution >= 4 is 42.0 Å². The van der Waals surface area contributed by atoms with Crippen LogP contribution in [0.15, 0.2) is 109 Å². The van der Waals surface area contributed by atoms with Crippen LogP contribution in [0.1, 0.15) is 27.0 Å². The second-order valence-corrected chi connectivity index (χ2v) is 9.06. The number of nitrogens with two attached hydrogens (primary N) is 2. The summed E-state index contributed by atoms with van der Waals surface area (Å²) in [6, 6.07) is 29.4. The number of carbonyl (C=O) groups is 3. The fourth-order valence-corrected chi connectivity index (χ4v) is 3.67. The first-order chi connectivity index (χ1) is 20.3. The molecule has 9 nitrogen and oxygen atoms in total. The molecule has 0 aliphatic carbocycles. The number of esters is 1. The quantitative estimate of drug-likeness (QED) is 0.109. The number of ether oxygens (including phenoxy) is 2. The molecular weight excluding hydrogens is 570 g/mol. The first kappa shape index (κ1) is 34.1. The maximum Gasteiger partial charge on any atom is 0.330 e. The van der Waals surface area contributed by atoms with Crippen molar-refractivity contribution < 1.29 is 29.0 Å². The minimum Gasteiger partial charge on any atom is -0.480 e. The van der Waals surface area contributed by atoms with Gasteiger partial charge in [-0.05, 0) is 71.3 Å². The maximum atomic E-state index is 12.4. The van der Waals surface area contributed by atoms with Crippen LogP contribution in [0.4, 0.5) is 5.69 Å². The Bertz CT molecular complexity index is 1490. The van der Waals surface area contributed by atoms with Gasteiger partial charge in [-0.15, -0.1) is 12.4 Å². The van der Waals surface area contributed by atoms with Crippen molar-refractivity contribution in [2.24, 2.45) is 5.73 Å². The Kier molecular flexibility index (Phi) is 14.0. The standard InChI is InChI=1S/C23H22N2O4.C10H11NO2.ClH/c24-15-16-9-11-18(12-10-16)22(26)25-21(23(27)28)14-17-5-4-8-20(13-17)29-19-6-2-1-3-7-19;1-13-10(12)7-4-8-2-5-9(11)6-3-8;/h1-13,21H,14-15,24H2,(H,25,26)(H,27,28);2-7H,11H2,1H3;1H. The Hall–Kier alpha value is -5.12. The number of anilines is 1. The number of carboxylic acids is 1. The highest BCUT2D eigenvalue weighted by Crippen LogP contribution is 2.22. The molecular formula is C33H34ClN3O6. The lowest BCUT2D eigenvalue weighted by molar-refractivity contribution is -0.139. The number of rotatable bonds is 10. The van der Waals surface area contributed by atoms with Crippen LogP contribution >= 0.6 is 12.4 Å². The van der Waals surface area contributed by atoms with E-state index in [9.17, 15) is 19.5 Å². The van der Waals surface area contributed by atoms with E-state index in [-0.39, 0.29) is 24.8 Å². The van der Waals surface area contributed by atoms with Crippen LogP contribution < -0.4 is 21.5 Å². The lowest BCUT2D eigenvalue weighted by Gasteiger charge is -2.15. The van der Waals surface area contributed by atoms with E-state index in [1.54, 1.807) is 66.7 Å². The zero-order valence-corrected chi connectivity index (χ0v) is 24.3. The SMILES string of the molecule is COC(=O)C=Cc1ccc(N)cc1.Cl.NCc1ccc(C(=O)NC(Cc2cccc(Oc3ccccc3)c2)C(=O)O)cc1. The van der Waals surface area contributed by atoms with Gasteiger partial charge in [0.15, 0.2) is 0 Å². The molecule has 4 rings (SSSR count). The molecule has 6 N–H and O–H groups in total. The first-order valence-electron chi connectivity index (χ1n) is 13.0. The van der Waals surface area contributed by atoms with E-state index in [1.807, 2.05) is 42.5 Å². The van der Waals surface area contributed by atoms with Crippen LogP contribution in [0.25, 0.3) is 6.08 Å². The highest BCUT2D eigenvalue weighted by Gasteiger charge is 2.21. The van der Waals surface area contributed by atoms with E-state index < -0.39 is 17.9 Å². The summed E-state index contributed by atoms with van der Waals surface area (Å²) >= 11 is 0. The Morgan fingerprint density at radius 3 is 2.12 bits per heavy atom. The number of hydrogen-bond acceptors (Lipinski definition) is 7. The number of carboxylic acid groups (broad SMARTS) is 1. The van der Waals surface area contributed by atoms with E-state index in [1.165, 1.54) is 13.2 Å². The highest BCUT2D eigenvalue weighted by atomic mass is 35.5. The summed E-state index contributed by atoms with van der Waals surface area (Å²) in [7, 11) is 1.34. The molecule has 0 fully saturated rings. The van der Waals surface area contributed by atoms with E-state index in [0.717, 1.165) is 16.7 Å². The Balaban J connectivity index is 0.000000388. The fourth-order valence-electron chi connectivity index (χ4n) is 3.67. The van der Waals surface area contributed by atoms with Crippen molar-refractivity contribution in [1.29, 1.82) is 0 Å². The number of hydrogen-bond donors (Lipinski definition) is 4. The molecule has 224 valence electrons. The number of nitrogen functional groups attached to an aromatic ring is 1. The lowest BCUT2D eigenvalue weighted by atomic mass is 10.0. The van der Waals surface area contributed by atoms with Gasteiger partial charge < -0.3 is 31.4 Å². The number of amides is 1. The minimum absolute atomic E-state index is 0. The van der Waals surface area contributed by atoms with Gasteiger partial charge in [0.25, 0.3) is 5.91 Å². The molecule has 4 aromatic carbocycles. The Morgan fingerprint density at radius 2 is 1.51 bits per heavy atom. The van der Waals surface area contributed by atoms with Crippen LogP contribution in [-0.4, -0.2) is 36.1 Å². The zero-order valence-electron chi connectivity index (χ0n) is 23.5. The molecule has 0 heterocycles. The third-order valence-electron chi connectivity index (χ3n) is 5.92. The summed E-state index contributed by atoms with van der Waals surface area (Å²) in [6.45, 7) is 0.376. The average Bonchev–Trinajstić information content (AvgIpc) is 3.01. The van der Waals surface area contributed by atoms with Gasteiger partial charge in [-0.3, -0.25) is 4.79 Å². The summed E-state index contributed by atoms with van der Waals surface area (Å²) in [4.78, 5) is 34.8. The van der Waals surface area contributed by atoms with Crippen LogP contribution in [0.2, 0.25) is 0 Å². The zero-order chi connectivity index (χ0) is 30.3. The van der Waals surface area contributed by atoms with Crippen molar-refractivity contribution in [3.8, 4) is 11.5 Å². The molecule has 43 heavy (non-hydrogen) atoms. The van der Waals surface area contributed by atoms with E-state index in [2.05, 4.69) is 10.1 Å². The molecule has 0 radical (unpaired) electrons. The second kappa shape index (κ2) is 17.6. The largest absolute Gasteiger partial charge is 0.480 e. The number of benzene rings is 4. The molecule has 1 amide bonds. The summed E-state index contributed by atoms with van der Waals surface area (Å²) in [5.41, 5.74) is 14.7. The van der Waals surface area contributed by atoms with Gasteiger partial charge in [0.2, 0.25) is 0 Å². The molecule has 1 atom stereocenters. The normalized spacial score (nSPS) is 10.8. The molecule has 10 heteroatoms. The third-order valence-corrected chi connectivity index (χ3v) is 5.92. The summed E-state index contributed by atoms with van der Waals surface area (Å²) < 4.78 is 10.2. The highest BCUT2D eigenvalue weighted by molar-refractivity contribution is 5.96. The monoisotopic (exact) mass is 603 g/mol. The number of halogens is 1. The van der Waals surface area contributed by atoms with Gasteiger partial charge in [-0.1, -0.05) is 54.6 Å². The first-order valence-corrected chi connectivity index (χ1v) is 13.0. The number of methoxy groups -OCH3 is 1. The molecule has 1 unspecified atom stereocenters. The van der Waals surface area contributed by atoms with Crippen LogP contribution in [-0.2, 0) is 27.3 Å². The molecule has 0 aliphatic rings. The maximum absolute atomic E-state index is 12.4. The average molecular weight is 604 g/mol. The fraction of sp³-hybridized carbons (Fsp3) is 0.121. The van der Waals surface area contributed by atoms with Gasteiger partial charge in [0.1, 0.15) is 17.5 Å². The second-order valence-electron chi connectivity index (χ2n) is 9.06. The van der Waals surface area contributed by atoms with Gasteiger partial charge >= 0.3 is 11.9 Å². The molecule has 0 aliphatic heterocycles. The van der Waals surface area contributed by atoms with Crippen LogP contribution in [0.3, 0.4) is 0 Å². The molecule has 0 saturated carbocycles. The molecule has 0 saturated heterocycles. The van der Waals surface area contributed by atoms with Crippen LogP contribution in [0, 0.1) is 0 Å². The van der Waals surface area contributed by atoms with E-state index in [4.69, 9.17) is 16.2 Å². The summed E-state index contributed by atoms with van der Waals surface area (Å²) in [5.74, 6) is -0.629. The number of carbonyl (C=O) groups excluding carboxylic acids is 2. The predicted molar refractivity (Wildman–Crippen MR) is 169 cm³/mol. The van der Waals surface area contributed by atoms with Gasteiger partial charge in [-0.25, -0.2) is 9.59 Å². The third kappa shape index (κ3) is 11.7. The number of para-hydroxylation sites is 1.